The van der Waals surface area contributed by atoms with Crippen molar-refractivity contribution >= 4 is 38.4 Å². The second-order valence-corrected chi connectivity index (χ2v) is 9.42. The van der Waals surface area contributed by atoms with E-state index in [0.29, 0.717) is 18.4 Å². The fourth-order valence-electron chi connectivity index (χ4n) is 3.36. The van der Waals surface area contributed by atoms with Gasteiger partial charge >= 0.3 is 5.97 Å². The van der Waals surface area contributed by atoms with Crippen molar-refractivity contribution in [3.8, 4) is 5.69 Å². The van der Waals surface area contributed by atoms with Crippen LogP contribution in [0.2, 0.25) is 5.02 Å². The number of nitrogens with zero attached hydrogens (tertiary/aromatic N) is 2. The van der Waals surface area contributed by atoms with Gasteiger partial charge in [-0.2, -0.15) is 0 Å². The fourth-order valence-corrected chi connectivity index (χ4v) is 4.67. The third-order valence-electron chi connectivity index (χ3n) is 4.79. The van der Waals surface area contributed by atoms with Crippen molar-refractivity contribution in [1.82, 2.24) is 9.55 Å². The summed E-state index contributed by atoms with van der Waals surface area (Å²) >= 11 is 6.26. The number of unbranched alkanes of at least 4 members (excludes halogenated alkanes) is 1. The molecule has 0 amide bonds. The molecule has 8 heteroatoms. The highest BCUT2D eigenvalue weighted by molar-refractivity contribution is 7.90. The van der Waals surface area contributed by atoms with Crippen LogP contribution in [0.4, 0.5) is 0 Å². The van der Waals surface area contributed by atoms with Crippen molar-refractivity contribution in [3.05, 3.63) is 52.8 Å². The van der Waals surface area contributed by atoms with Gasteiger partial charge in [0.05, 0.1) is 21.0 Å². The zero-order valence-corrected chi connectivity index (χ0v) is 17.9. The van der Waals surface area contributed by atoms with Gasteiger partial charge in [-0.05, 0) is 49.1 Å². The van der Waals surface area contributed by atoms with Crippen molar-refractivity contribution in [1.29, 1.82) is 0 Å². The number of hydrogen-bond donors (Lipinski definition) is 1. The number of carboxylic acid groups (broad SMARTS) is 1. The van der Waals surface area contributed by atoms with Crippen LogP contribution in [0.5, 0.6) is 0 Å². The topological polar surface area (TPSA) is 89.3 Å². The van der Waals surface area contributed by atoms with Crippen LogP contribution in [0.15, 0.2) is 41.3 Å². The van der Waals surface area contributed by atoms with Crippen molar-refractivity contribution in [2.24, 2.45) is 0 Å². The highest BCUT2D eigenvalue weighted by Gasteiger charge is 2.18. The van der Waals surface area contributed by atoms with Gasteiger partial charge in [-0.3, -0.25) is 9.36 Å². The molecule has 154 valence electrons. The van der Waals surface area contributed by atoms with E-state index in [4.69, 9.17) is 16.7 Å². The quantitative estimate of drug-likeness (QED) is 0.529. The molecule has 0 spiro atoms. The van der Waals surface area contributed by atoms with E-state index >= 15 is 0 Å². The molecule has 0 radical (unpaired) electrons. The van der Waals surface area contributed by atoms with E-state index < -0.39 is 15.8 Å². The number of sulfone groups is 1. The molecule has 6 nitrogen and oxygen atoms in total. The zero-order chi connectivity index (χ0) is 21.2. The molecule has 1 aromatic heterocycles. The maximum atomic E-state index is 12.0. The molecule has 29 heavy (non-hydrogen) atoms. The number of carboxylic acids is 1. The number of benzene rings is 2. The van der Waals surface area contributed by atoms with Crippen LogP contribution in [-0.2, 0) is 27.5 Å². The highest BCUT2D eigenvalue weighted by atomic mass is 35.5. The Balaban J connectivity index is 1.94. The molecule has 1 N–H and O–H groups in total. The number of hydrogen-bond acceptors (Lipinski definition) is 4. The molecule has 3 rings (SSSR count). The minimum Gasteiger partial charge on any atom is -0.481 e. The van der Waals surface area contributed by atoms with Gasteiger partial charge in [-0.1, -0.05) is 30.7 Å². The highest BCUT2D eigenvalue weighted by Crippen LogP contribution is 2.30. The Bertz CT molecular complexity index is 1150. The maximum Gasteiger partial charge on any atom is 0.303 e. The van der Waals surface area contributed by atoms with Gasteiger partial charge < -0.3 is 5.11 Å². The van der Waals surface area contributed by atoms with Gasteiger partial charge in [0.2, 0.25) is 0 Å². The number of aryl methyl sites for hydroxylation is 2. The summed E-state index contributed by atoms with van der Waals surface area (Å²) in [5.41, 5.74) is 3.40. The van der Waals surface area contributed by atoms with Crippen LogP contribution in [0.1, 0.15) is 37.6 Å². The monoisotopic (exact) mass is 434 g/mol. The van der Waals surface area contributed by atoms with Gasteiger partial charge in [-0.25, -0.2) is 13.4 Å². The largest absolute Gasteiger partial charge is 0.481 e. The third kappa shape index (κ3) is 4.79. The second-order valence-electron chi connectivity index (χ2n) is 7.03. The van der Waals surface area contributed by atoms with E-state index in [9.17, 15) is 13.2 Å². The number of rotatable bonds is 8. The molecule has 0 aliphatic carbocycles. The number of carbonyl (C=O) groups is 1. The Morgan fingerprint density at radius 1 is 1.17 bits per heavy atom. The number of aromatic nitrogens is 2. The summed E-state index contributed by atoms with van der Waals surface area (Å²) in [6.07, 6.45) is 4.30. The van der Waals surface area contributed by atoms with Gasteiger partial charge in [0.15, 0.2) is 9.84 Å². The smallest absolute Gasteiger partial charge is 0.303 e. The Kier molecular flexibility index (Phi) is 6.29. The Morgan fingerprint density at radius 3 is 2.45 bits per heavy atom. The van der Waals surface area contributed by atoms with Crippen LogP contribution < -0.4 is 0 Å². The summed E-state index contributed by atoms with van der Waals surface area (Å²) in [6.45, 7) is 1.99. The molecule has 0 atom stereocenters. The maximum absolute atomic E-state index is 12.0. The average Bonchev–Trinajstić information content (AvgIpc) is 3.01. The summed E-state index contributed by atoms with van der Waals surface area (Å²) in [4.78, 5) is 15.3. The first kappa shape index (κ1) is 21.3. The van der Waals surface area contributed by atoms with E-state index in [0.717, 1.165) is 41.7 Å². The van der Waals surface area contributed by atoms with Gasteiger partial charge in [-0.15, -0.1) is 0 Å². The number of imidazole rings is 1. The molecule has 0 unspecified atom stereocenters. The molecule has 3 aromatic rings. The lowest BCUT2D eigenvalue weighted by Crippen LogP contribution is -2.01. The predicted octanol–water partition coefficient (Wildman–Crippen LogP) is 4.44. The van der Waals surface area contributed by atoms with E-state index in [1.807, 2.05) is 35.8 Å². The van der Waals surface area contributed by atoms with Crippen molar-refractivity contribution < 1.29 is 18.3 Å². The first-order valence-corrected chi connectivity index (χ1v) is 11.7. The van der Waals surface area contributed by atoms with Crippen LogP contribution >= 0.6 is 11.6 Å². The first-order valence-electron chi connectivity index (χ1n) is 9.42. The van der Waals surface area contributed by atoms with Gasteiger partial charge in [0.1, 0.15) is 5.82 Å². The summed E-state index contributed by atoms with van der Waals surface area (Å²) in [6, 6.07) is 11.2. The standard InChI is InChI=1S/C21H23ClN2O4S/c1-3-20-23-17-13-19(29(2,27)28)16(22)12-18(17)24(20)15-10-8-14(9-11-15)6-4-5-7-21(25)26/h8-13H,3-7H2,1-2H3,(H,25,26). The Labute approximate surface area is 175 Å². The van der Waals surface area contributed by atoms with Crippen LogP contribution in [-0.4, -0.2) is 35.3 Å². The van der Waals surface area contributed by atoms with Crippen molar-refractivity contribution in [2.75, 3.05) is 6.26 Å². The Morgan fingerprint density at radius 2 is 1.86 bits per heavy atom. The molecule has 0 saturated carbocycles. The van der Waals surface area contributed by atoms with Crippen LogP contribution in [0.25, 0.3) is 16.7 Å². The molecule has 0 fully saturated rings. The van der Waals surface area contributed by atoms with Crippen molar-refractivity contribution in [3.63, 3.8) is 0 Å². The zero-order valence-electron chi connectivity index (χ0n) is 16.4. The molecule has 0 bridgehead atoms. The summed E-state index contributed by atoms with van der Waals surface area (Å²) in [5, 5.41) is 8.90. The number of aliphatic carboxylic acids is 1. The molecule has 0 aliphatic heterocycles. The lowest BCUT2D eigenvalue weighted by Gasteiger charge is -2.10. The molecule has 0 saturated heterocycles. The molecular formula is C21H23ClN2O4S. The summed E-state index contributed by atoms with van der Waals surface area (Å²) in [5.74, 6) is 0.0491. The van der Waals surface area contributed by atoms with Crippen LogP contribution in [0.3, 0.4) is 0 Å². The van der Waals surface area contributed by atoms with Crippen LogP contribution in [0, 0.1) is 0 Å². The third-order valence-corrected chi connectivity index (χ3v) is 6.36. The van der Waals surface area contributed by atoms with E-state index in [1.165, 1.54) is 6.07 Å². The van der Waals surface area contributed by atoms with Crippen molar-refractivity contribution in [2.45, 2.75) is 43.9 Å². The lowest BCUT2D eigenvalue weighted by molar-refractivity contribution is -0.137. The molecule has 1 heterocycles. The summed E-state index contributed by atoms with van der Waals surface area (Å²) in [7, 11) is -3.44. The normalized spacial score (nSPS) is 11.8. The van der Waals surface area contributed by atoms with E-state index in [2.05, 4.69) is 4.98 Å². The SMILES string of the molecule is CCc1nc2cc(S(C)(=O)=O)c(Cl)cc2n1-c1ccc(CCCCC(=O)O)cc1. The van der Waals surface area contributed by atoms with Gasteiger partial charge in [0, 0.05) is 24.8 Å². The molecule has 0 aliphatic rings. The van der Waals surface area contributed by atoms with Gasteiger partial charge in [0.25, 0.3) is 0 Å². The second kappa shape index (κ2) is 8.55. The predicted molar refractivity (Wildman–Crippen MR) is 114 cm³/mol. The average molecular weight is 435 g/mol. The van der Waals surface area contributed by atoms with E-state index in [-0.39, 0.29) is 16.3 Å². The number of fused-ring (bicyclic) bond motifs is 1. The molecular weight excluding hydrogens is 412 g/mol. The molecule has 2 aromatic carbocycles. The lowest BCUT2D eigenvalue weighted by atomic mass is 10.1. The summed E-state index contributed by atoms with van der Waals surface area (Å²) < 4.78 is 25.9. The minimum atomic E-state index is -3.44. The van der Waals surface area contributed by atoms with E-state index in [1.54, 1.807) is 6.07 Å². The minimum absolute atomic E-state index is 0.0793. The first-order chi connectivity index (χ1) is 13.7. The number of halogens is 1. The fraction of sp³-hybridized carbons (Fsp3) is 0.333. The Hall–Kier alpha value is -2.38.